The maximum Gasteiger partial charge on any atom is 0.343 e. The standard InChI is InChI=1S/C42H60FN5O6Si2/c1-9-53-41(49)36-38(32-18-16-31(17-19-32)37(43)42(50)54-10-2)46-39-34(33-20-21-35(44-26-33)30-14-12-11-13-15-30)27-45-48(39)40(36)47(28-51-22-24-55(3,4)5)29-52-23-25-56(6,7)8/h11-15,20-21,26-27,31-32,37H,9-10,16-19,22-25,28-29H2,1-8H3/t31-,32-,37-/m0/s1. The van der Waals surface area contributed by atoms with E-state index in [1.807, 2.05) is 53.6 Å². The van der Waals surface area contributed by atoms with Crippen molar-refractivity contribution in [2.75, 3.05) is 44.8 Å². The minimum Gasteiger partial charge on any atom is -0.464 e. The van der Waals surface area contributed by atoms with E-state index in [0.717, 1.165) is 34.5 Å². The van der Waals surface area contributed by atoms with Crippen molar-refractivity contribution in [3.63, 3.8) is 0 Å². The van der Waals surface area contributed by atoms with Crippen molar-refractivity contribution in [3.05, 3.63) is 66.1 Å². The Morgan fingerprint density at radius 3 is 2.02 bits per heavy atom. The predicted molar refractivity (Wildman–Crippen MR) is 224 cm³/mol. The van der Waals surface area contributed by atoms with Crippen molar-refractivity contribution in [2.24, 2.45) is 5.92 Å². The number of hydrogen-bond donors (Lipinski definition) is 0. The van der Waals surface area contributed by atoms with E-state index in [1.54, 1.807) is 24.6 Å². The Morgan fingerprint density at radius 1 is 0.839 bits per heavy atom. The summed E-state index contributed by atoms with van der Waals surface area (Å²) in [4.78, 5) is 38.5. The smallest absolute Gasteiger partial charge is 0.343 e. The predicted octanol–water partition coefficient (Wildman–Crippen LogP) is 9.24. The molecule has 0 spiro atoms. The SMILES string of the molecule is CCOC(=O)c1c(N(COCC[Si](C)(C)C)COCC[Si](C)(C)C)n2ncc(-c3ccc(-c4ccccc4)nc3)c2nc1[C@H]1CC[C@H]([C@H](F)C(=O)OCC)CC1. The quantitative estimate of drug-likeness (QED) is 0.0393. The number of fused-ring (bicyclic) bond motifs is 1. The molecule has 14 heteroatoms. The lowest BCUT2D eigenvalue weighted by Crippen LogP contribution is -2.36. The third-order valence-corrected chi connectivity index (χ3v) is 13.6. The van der Waals surface area contributed by atoms with Gasteiger partial charge >= 0.3 is 11.9 Å². The van der Waals surface area contributed by atoms with E-state index in [0.29, 0.717) is 61.6 Å². The Hall–Kier alpha value is -3.99. The van der Waals surface area contributed by atoms with Crippen LogP contribution in [0.2, 0.25) is 51.4 Å². The number of ether oxygens (including phenoxy) is 4. The minimum absolute atomic E-state index is 0.128. The Morgan fingerprint density at radius 2 is 1.46 bits per heavy atom. The van der Waals surface area contributed by atoms with Crippen molar-refractivity contribution in [2.45, 2.75) is 103 Å². The molecule has 0 aliphatic heterocycles. The maximum atomic E-state index is 15.3. The molecule has 1 aliphatic carbocycles. The molecule has 3 aromatic heterocycles. The van der Waals surface area contributed by atoms with Crippen LogP contribution in [0.4, 0.5) is 10.2 Å². The van der Waals surface area contributed by atoms with Crippen LogP contribution in [0.1, 0.15) is 61.5 Å². The molecule has 1 fully saturated rings. The fourth-order valence-corrected chi connectivity index (χ4v) is 8.40. The van der Waals surface area contributed by atoms with E-state index in [2.05, 4.69) is 39.3 Å². The van der Waals surface area contributed by atoms with Crippen LogP contribution in [0.3, 0.4) is 0 Å². The molecule has 0 unspecified atom stereocenters. The molecule has 5 rings (SSSR count). The van der Waals surface area contributed by atoms with Crippen LogP contribution in [0.5, 0.6) is 0 Å². The van der Waals surface area contributed by atoms with Gasteiger partial charge in [0.05, 0.1) is 30.8 Å². The fraction of sp³-hybridized carbons (Fsp3) is 0.548. The van der Waals surface area contributed by atoms with Crippen molar-refractivity contribution < 1.29 is 32.9 Å². The molecule has 3 heterocycles. The lowest BCUT2D eigenvalue weighted by atomic mass is 9.77. The van der Waals surface area contributed by atoms with Crippen molar-refractivity contribution >= 4 is 39.6 Å². The number of halogens is 1. The molecular weight excluding hydrogens is 746 g/mol. The number of benzene rings is 1. The van der Waals surface area contributed by atoms with Crippen LogP contribution < -0.4 is 4.90 Å². The molecule has 4 aromatic rings. The number of nitrogens with zero attached hydrogens (tertiary/aromatic N) is 5. The van der Waals surface area contributed by atoms with Gasteiger partial charge in [-0.3, -0.25) is 4.98 Å². The number of rotatable bonds is 19. The number of carbonyl (C=O) groups is 2. The topological polar surface area (TPSA) is 117 Å². The van der Waals surface area contributed by atoms with Crippen LogP contribution >= 0.6 is 0 Å². The first kappa shape index (κ1) is 43.1. The van der Waals surface area contributed by atoms with Crippen LogP contribution in [0.15, 0.2) is 54.9 Å². The lowest BCUT2D eigenvalue weighted by Gasteiger charge is -2.32. The molecular formula is C42H60FN5O6Si2. The van der Waals surface area contributed by atoms with Gasteiger partial charge in [0.15, 0.2) is 17.6 Å². The van der Waals surface area contributed by atoms with E-state index in [1.165, 1.54) is 0 Å². The molecule has 0 amide bonds. The number of alkyl halides is 1. The second-order valence-corrected chi connectivity index (χ2v) is 28.3. The van der Waals surface area contributed by atoms with Gasteiger partial charge in [-0.2, -0.15) is 9.61 Å². The second kappa shape index (κ2) is 19.4. The van der Waals surface area contributed by atoms with Crippen molar-refractivity contribution in [3.8, 4) is 22.4 Å². The summed E-state index contributed by atoms with van der Waals surface area (Å²) >= 11 is 0. The number of esters is 2. The molecule has 0 saturated heterocycles. The van der Waals surface area contributed by atoms with E-state index in [9.17, 15) is 9.59 Å². The van der Waals surface area contributed by atoms with Gasteiger partial charge < -0.3 is 23.8 Å². The lowest BCUT2D eigenvalue weighted by molar-refractivity contribution is -0.151. The van der Waals surface area contributed by atoms with Crippen LogP contribution in [-0.4, -0.2) is 93.7 Å². The third kappa shape index (κ3) is 11.3. The molecule has 56 heavy (non-hydrogen) atoms. The number of hydrogen-bond acceptors (Lipinski definition) is 10. The summed E-state index contributed by atoms with van der Waals surface area (Å²) < 4.78 is 40.4. The number of anilines is 1. The average molecular weight is 806 g/mol. The van der Waals surface area contributed by atoms with Crippen LogP contribution in [0.25, 0.3) is 28.0 Å². The summed E-state index contributed by atoms with van der Waals surface area (Å²) in [5.41, 5.74) is 4.80. The average Bonchev–Trinajstić information content (AvgIpc) is 3.60. The molecule has 1 aliphatic rings. The van der Waals surface area contributed by atoms with Gasteiger partial charge in [-0.1, -0.05) is 75.7 Å². The van der Waals surface area contributed by atoms with Gasteiger partial charge in [0.25, 0.3) is 0 Å². The molecule has 0 bridgehead atoms. The largest absolute Gasteiger partial charge is 0.464 e. The molecule has 0 N–H and O–H groups in total. The summed E-state index contributed by atoms with van der Waals surface area (Å²) in [5.74, 6) is -1.56. The third-order valence-electron chi connectivity index (χ3n) is 10.1. The number of aromatic nitrogens is 4. The van der Waals surface area contributed by atoms with Gasteiger partial charge in [-0.25, -0.2) is 19.0 Å². The maximum absolute atomic E-state index is 15.3. The monoisotopic (exact) mass is 805 g/mol. The molecule has 1 saturated carbocycles. The molecule has 0 radical (unpaired) electrons. The highest BCUT2D eigenvalue weighted by atomic mass is 28.3. The zero-order valence-corrected chi connectivity index (χ0v) is 36.5. The van der Waals surface area contributed by atoms with E-state index in [-0.39, 0.29) is 32.6 Å². The van der Waals surface area contributed by atoms with E-state index in [4.69, 9.17) is 34.0 Å². The highest BCUT2D eigenvalue weighted by Crippen LogP contribution is 2.42. The van der Waals surface area contributed by atoms with Gasteiger partial charge in [-0.05, 0) is 57.7 Å². The Kier molecular flexibility index (Phi) is 15.0. The fourth-order valence-electron chi connectivity index (χ4n) is 6.88. The molecule has 1 atom stereocenters. The second-order valence-electron chi connectivity index (χ2n) is 17.0. The summed E-state index contributed by atoms with van der Waals surface area (Å²) in [6.07, 6.45) is 3.80. The van der Waals surface area contributed by atoms with Gasteiger partial charge in [0.1, 0.15) is 19.0 Å². The Balaban J connectivity index is 1.63. The first-order valence-electron chi connectivity index (χ1n) is 20.0. The zero-order valence-electron chi connectivity index (χ0n) is 34.5. The highest BCUT2D eigenvalue weighted by molar-refractivity contribution is 6.76. The van der Waals surface area contributed by atoms with E-state index >= 15 is 4.39 Å². The first-order chi connectivity index (χ1) is 26.7. The zero-order chi connectivity index (χ0) is 40.5. The van der Waals surface area contributed by atoms with Gasteiger partial charge in [0, 0.05) is 64.1 Å². The molecule has 11 nitrogen and oxygen atoms in total. The van der Waals surface area contributed by atoms with Gasteiger partial charge in [-0.15, -0.1) is 0 Å². The summed E-state index contributed by atoms with van der Waals surface area (Å²) in [5, 5.41) is 4.87. The number of pyridine rings is 1. The Bertz CT molecular complexity index is 1870. The summed E-state index contributed by atoms with van der Waals surface area (Å²) in [6.45, 7) is 19.0. The highest BCUT2D eigenvalue weighted by Gasteiger charge is 2.38. The Labute approximate surface area is 333 Å². The van der Waals surface area contributed by atoms with Gasteiger partial charge in [0.2, 0.25) is 0 Å². The van der Waals surface area contributed by atoms with Crippen LogP contribution in [-0.2, 0) is 23.7 Å². The van der Waals surface area contributed by atoms with Crippen molar-refractivity contribution in [1.82, 2.24) is 19.6 Å². The van der Waals surface area contributed by atoms with Crippen LogP contribution in [0, 0.1) is 5.92 Å². The summed E-state index contributed by atoms with van der Waals surface area (Å²) in [7, 11) is -2.79. The van der Waals surface area contributed by atoms with E-state index < -0.39 is 40.2 Å². The number of carbonyl (C=O) groups excluding carboxylic acids is 2. The minimum atomic E-state index is -1.70. The normalized spacial score (nSPS) is 16.8. The van der Waals surface area contributed by atoms with Crippen molar-refractivity contribution in [1.29, 1.82) is 0 Å². The molecule has 304 valence electrons. The first-order valence-corrected chi connectivity index (χ1v) is 27.4. The molecule has 1 aromatic carbocycles. The summed E-state index contributed by atoms with van der Waals surface area (Å²) in [6, 6.07) is 15.9.